The van der Waals surface area contributed by atoms with E-state index in [0.29, 0.717) is 73.1 Å². The minimum Gasteiger partial charge on any atom is -0.378 e. The third-order valence-electron chi connectivity index (χ3n) is 6.37. The molecule has 3 aromatic rings. The zero-order valence-electron chi connectivity index (χ0n) is 19.9. The monoisotopic (exact) mass is 500 g/mol. The number of fused-ring (bicyclic) bond motifs is 1. The molecule has 0 spiro atoms. The van der Waals surface area contributed by atoms with Crippen LogP contribution in [0, 0.1) is 11.6 Å². The van der Waals surface area contributed by atoms with Crippen molar-refractivity contribution in [2.75, 3.05) is 62.8 Å². The fourth-order valence-corrected chi connectivity index (χ4v) is 4.58. The molecule has 0 aliphatic carbocycles. The van der Waals surface area contributed by atoms with Gasteiger partial charge in [-0.1, -0.05) is 0 Å². The number of nitrogens with zero attached hydrogens (tertiary/aromatic N) is 5. The molecule has 2 aromatic carbocycles. The van der Waals surface area contributed by atoms with Gasteiger partial charge in [0.2, 0.25) is 0 Å². The first-order valence-electron chi connectivity index (χ1n) is 11.8. The van der Waals surface area contributed by atoms with Crippen LogP contribution in [0.25, 0.3) is 11.0 Å². The second-order valence-electron chi connectivity index (χ2n) is 9.00. The lowest BCUT2D eigenvalue weighted by Gasteiger charge is -2.30. The summed E-state index contributed by atoms with van der Waals surface area (Å²) >= 11 is 0. The van der Waals surface area contributed by atoms with Crippen molar-refractivity contribution in [2.24, 2.45) is 0 Å². The number of hydrogen-bond donors (Lipinski definition) is 1. The fourth-order valence-electron chi connectivity index (χ4n) is 4.58. The highest BCUT2D eigenvalue weighted by atomic mass is 19.1. The van der Waals surface area contributed by atoms with Gasteiger partial charge in [-0.2, -0.15) is 0 Å². The van der Waals surface area contributed by atoms with Gasteiger partial charge in [0, 0.05) is 51.4 Å². The second-order valence-corrected chi connectivity index (χ2v) is 9.00. The standard InChI is InChI=1S/C25H27F3N6O2/c1-32(14-16-8-18(26)12-19(27)9-16)21-11-17(25(35)34-3-2-29-22(28)15-34)10-20-24(21)31-23(13-30-20)33-4-6-36-7-5-33/h8-13,22,29H,2-7,14-15H2,1H3. The van der Waals surface area contributed by atoms with Crippen LogP contribution in [0.3, 0.4) is 0 Å². The first-order valence-corrected chi connectivity index (χ1v) is 11.8. The molecular formula is C25H27F3N6O2. The van der Waals surface area contributed by atoms with Gasteiger partial charge in [-0.15, -0.1) is 0 Å². The topological polar surface area (TPSA) is 73.8 Å². The molecule has 0 saturated carbocycles. The minimum atomic E-state index is -1.29. The molecule has 1 unspecified atom stereocenters. The van der Waals surface area contributed by atoms with Crippen LogP contribution in [0.5, 0.6) is 0 Å². The van der Waals surface area contributed by atoms with Gasteiger partial charge in [0.05, 0.1) is 37.2 Å². The van der Waals surface area contributed by atoms with Gasteiger partial charge in [-0.05, 0) is 29.8 Å². The summed E-state index contributed by atoms with van der Waals surface area (Å²) in [7, 11) is 1.76. The van der Waals surface area contributed by atoms with E-state index in [4.69, 9.17) is 9.72 Å². The van der Waals surface area contributed by atoms with Crippen LogP contribution in [0.2, 0.25) is 0 Å². The summed E-state index contributed by atoms with van der Waals surface area (Å²) in [4.78, 5) is 28.0. The quantitative estimate of drug-likeness (QED) is 0.540. The van der Waals surface area contributed by atoms with Crippen molar-refractivity contribution >= 4 is 28.4 Å². The van der Waals surface area contributed by atoms with Crippen molar-refractivity contribution in [3.8, 4) is 0 Å². The van der Waals surface area contributed by atoms with E-state index < -0.39 is 17.9 Å². The summed E-state index contributed by atoms with van der Waals surface area (Å²) in [6.45, 7) is 3.40. The predicted octanol–water partition coefficient (Wildman–Crippen LogP) is 2.72. The van der Waals surface area contributed by atoms with Crippen molar-refractivity contribution < 1.29 is 22.7 Å². The fraction of sp³-hybridized carbons (Fsp3) is 0.400. The SMILES string of the molecule is CN(Cc1cc(F)cc(F)c1)c1cc(C(=O)N2CCNC(F)C2)cc2ncc(N3CCOCC3)nc12. The molecule has 2 aliphatic rings. The number of carbonyl (C=O) groups is 1. The molecule has 3 heterocycles. The molecule has 11 heteroatoms. The van der Waals surface area contributed by atoms with Crippen LogP contribution in [-0.4, -0.2) is 80.1 Å². The lowest BCUT2D eigenvalue weighted by Crippen LogP contribution is -2.50. The van der Waals surface area contributed by atoms with Gasteiger partial charge in [-0.25, -0.2) is 18.2 Å². The average Bonchev–Trinajstić information content (AvgIpc) is 2.87. The summed E-state index contributed by atoms with van der Waals surface area (Å²) < 4.78 is 47.0. The number of ether oxygens (including phenoxy) is 1. The maximum Gasteiger partial charge on any atom is 0.254 e. The number of halogens is 3. The molecule has 36 heavy (non-hydrogen) atoms. The van der Waals surface area contributed by atoms with Gasteiger partial charge in [-0.3, -0.25) is 15.1 Å². The average molecular weight is 501 g/mol. The Morgan fingerprint density at radius 2 is 1.89 bits per heavy atom. The molecule has 1 amide bonds. The van der Waals surface area contributed by atoms with Crippen molar-refractivity contribution in [1.82, 2.24) is 20.2 Å². The van der Waals surface area contributed by atoms with E-state index in [1.54, 1.807) is 30.3 Å². The van der Waals surface area contributed by atoms with Crippen LogP contribution in [0.15, 0.2) is 36.5 Å². The Hall–Kier alpha value is -3.44. The lowest BCUT2D eigenvalue weighted by atomic mass is 10.1. The molecule has 1 atom stereocenters. The molecule has 2 fully saturated rings. The van der Waals surface area contributed by atoms with Gasteiger partial charge >= 0.3 is 0 Å². The summed E-state index contributed by atoms with van der Waals surface area (Å²) in [5.41, 5.74) is 2.41. The normalized spacial score (nSPS) is 18.5. The number of morpholine rings is 1. The number of carbonyl (C=O) groups excluding carboxylic acids is 1. The van der Waals surface area contributed by atoms with Crippen LogP contribution >= 0.6 is 0 Å². The number of rotatable bonds is 5. The summed E-state index contributed by atoms with van der Waals surface area (Å²) in [6, 6.07) is 6.70. The molecule has 190 valence electrons. The van der Waals surface area contributed by atoms with Crippen LogP contribution in [0.1, 0.15) is 15.9 Å². The predicted molar refractivity (Wildman–Crippen MR) is 130 cm³/mol. The molecule has 8 nitrogen and oxygen atoms in total. The number of piperazine rings is 1. The molecule has 0 radical (unpaired) electrons. The summed E-state index contributed by atoms with van der Waals surface area (Å²) in [5, 5.41) is 2.69. The molecular weight excluding hydrogens is 473 g/mol. The third kappa shape index (κ3) is 5.21. The molecule has 1 N–H and O–H groups in total. The van der Waals surface area contributed by atoms with Crippen LogP contribution in [-0.2, 0) is 11.3 Å². The van der Waals surface area contributed by atoms with E-state index in [9.17, 15) is 18.0 Å². The van der Waals surface area contributed by atoms with Crippen molar-refractivity contribution in [3.05, 3.63) is 59.3 Å². The Morgan fingerprint density at radius 3 is 2.61 bits per heavy atom. The van der Waals surface area contributed by atoms with E-state index in [1.165, 1.54) is 17.0 Å². The van der Waals surface area contributed by atoms with E-state index in [0.717, 1.165) is 6.07 Å². The Balaban J connectivity index is 1.55. The zero-order chi connectivity index (χ0) is 25.2. The van der Waals surface area contributed by atoms with Crippen LogP contribution < -0.4 is 15.1 Å². The Bertz CT molecular complexity index is 1250. The molecule has 2 saturated heterocycles. The van der Waals surface area contributed by atoms with Crippen molar-refractivity contribution in [3.63, 3.8) is 0 Å². The maximum absolute atomic E-state index is 13.9. The smallest absolute Gasteiger partial charge is 0.254 e. The van der Waals surface area contributed by atoms with E-state index in [2.05, 4.69) is 15.2 Å². The summed E-state index contributed by atoms with van der Waals surface area (Å²) in [6.07, 6.45) is 0.375. The molecule has 5 rings (SSSR count). The molecule has 0 bridgehead atoms. The highest BCUT2D eigenvalue weighted by Crippen LogP contribution is 2.30. The van der Waals surface area contributed by atoms with Gasteiger partial charge in [0.15, 0.2) is 6.30 Å². The van der Waals surface area contributed by atoms with E-state index in [1.807, 2.05) is 0 Å². The van der Waals surface area contributed by atoms with E-state index >= 15 is 0 Å². The largest absolute Gasteiger partial charge is 0.378 e. The number of aromatic nitrogens is 2. The van der Waals surface area contributed by atoms with Gasteiger partial charge in [0.25, 0.3) is 5.91 Å². The first kappa shape index (κ1) is 24.3. The Morgan fingerprint density at radius 1 is 1.14 bits per heavy atom. The Kier molecular flexibility index (Phi) is 6.92. The number of alkyl halides is 1. The third-order valence-corrected chi connectivity index (χ3v) is 6.37. The number of anilines is 2. The minimum absolute atomic E-state index is 0.0493. The molecule has 1 aromatic heterocycles. The summed E-state index contributed by atoms with van der Waals surface area (Å²) in [5.74, 6) is -0.965. The van der Waals surface area contributed by atoms with Gasteiger partial charge < -0.3 is 19.4 Å². The van der Waals surface area contributed by atoms with E-state index in [-0.39, 0.29) is 19.0 Å². The maximum atomic E-state index is 13.9. The number of amides is 1. The highest BCUT2D eigenvalue weighted by molar-refractivity contribution is 6.01. The van der Waals surface area contributed by atoms with Crippen molar-refractivity contribution in [2.45, 2.75) is 12.8 Å². The van der Waals surface area contributed by atoms with Crippen molar-refractivity contribution in [1.29, 1.82) is 0 Å². The second kappa shape index (κ2) is 10.3. The van der Waals surface area contributed by atoms with Gasteiger partial charge in [0.1, 0.15) is 23.0 Å². The number of nitrogens with one attached hydrogen (secondary N) is 1. The lowest BCUT2D eigenvalue weighted by molar-refractivity contribution is 0.0615. The number of benzene rings is 2. The highest BCUT2D eigenvalue weighted by Gasteiger charge is 2.26. The zero-order valence-corrected chi connectivity index (χ0v) is 19.9. The molecule has 2 aliphatic heterocycles. The van der Waals surface area contributed by atoms with Crippen LogP contribution in [0.4, 0.5) is 24.7 Å². The Labute approximate surface area is 206 Å². The first-order chi connectivity index (χ1) is 17.4. The number of hydrogen-bond acceptors (Lipinski definition) is 7.